The number of fused-ring (bicyclic) bond motifs is 2. The second kappa shape index (κ2) is 8.94. The largest absolute Gasteiger partial charge is 0.447 e. The Balaban J connectivity index is 1.38. The minimum Gasteiger partial charge on any atom is -0.447 e. The number of nitrogens with two attached hydrogens (primary N) is 1. The van der Waals surface area contributed by atoms with Crippen LogP contribution in [-0.2, 0) is 34.8 Å². The summed E-state index contributed by atoms with van der Waals surface area (Å²) in [6.45, 7) is 5.18. The monoisotopic (exact) mass is 483 g/mol. The van der Waals surface area contributed by atoms with Crippen molar-refractivity contribution in [2.45, 2.75) is 56.4 Å². The zero-order valence-electron chi connectivity index (χ0n) is 19.5. The third-order valence-corrected chi connectivity index (χ3v) is 7.76. The maximum Gasteiger partial charge on any atom is 0.404 e. The summed E-state index contributed by atoms with van der Waals surface area (Å²) < 4.78 is 17.6. The number of aryl methyl sites for hydroxylation is 3. The van der Waals surface area contributed by atoms with Gasteiger partial charge in [-0.1, -0.05) is 6.08 Å². The number of amides is 1. The maximum absolute atomic E-state index is 12.7. The summed E-state index contributed by atoms with van der Waals surface area (Å²) in [4.78, 5) is 32.7. The Morgan fingerprint density at radius 3 is 2.82 bits per heavy atom. The Bertz CT molecular complexity index is 1200. The molecule has 10 nitrogen and oxygen atoms in total. The lowest BCUT2D eigenvalue weighted by atomic mass is 10.1. The second-order valence-corrected chi connectivity index (χ2v) is 11.0. The van der Waals surface area contributed by atoms with Gasteiger partial charge in [0.05, 0.1) is 22.0 Å². The number of nitrogens with one attached hydrogen (secondary N) is 1. The van der Waals surface area contributed by atoms with Gasteiger partial charge in [0.15, 0.2) is 5.82 Å². The van der Waals surface area contributed by atoms with Crippen LogP contribution in [0.4, 0.5) is 16.6 Å². The molecule has 0 unspecified atom stereocenters. The van der Waals surface area contributed by atoms with Crippen molar-refractivity contribution in [3.8, 4) is 0 Å². The standard InChI is InChI=1S/C23H29N7O3S/c1-23(2,13-33-21(24)31)29-20-18-17(8-11-34(18)32)27-22(28-20)30-9-6-14(7-10-30)19-25-12-15-4-3-5-16(15)26-19/h6,12H,3-5,7-11,13H2,1-2H3,(H2,24,31)(H,27,28,29)/t34-/m1/s1. The highest BCUT2D eigenvalue weighted by Crippen LogP contribution is 2.33. The Morgan fingerprint density at radius 2 is 2.06 bits per heavy atom. The number of nitrogens with zero attached hydrogens (tertiary/aromatic N) is 5. The van der Waals surface area contributed by atoms with Gasteiger partial charge in [-0.3, -0.25) is 4.21 Å². The van der Waals surface area contributed by atoms with Crippen LogP contribution in [0.2, 0.25) is 0 Å². The van der Waals surface area contributed by atoms with Crippen LogP contribution in [-0.4, -0.2) is 61.2 Å². The Kier molecular flexibility index (Phi) is 5.97. The highest BCUT2D eigenvalue weighted by Gasteiger charge is 2.31. The van der Waals surface area contributed by atoms with Gasteiger partial charge < -0.3 is 20.7 Å². The lowest BCUT2D eigenvalue weighted by molar-refractivity contribution is 0.138. The topological polar surface area (TPSA) is 136 Å². The van der Waals surface area contributed by atoms with E-state index in [4.69, 9.17) is 25.4 Å². The van der Waals surface area contributed by atoms with Crippen LogP contribution in [0.25, 0.3) is 5.57 Å². The van der Waals surface area contributed by atoms with Gasteiger partial charge in [0.2, 0.25) is 5.95 Å². The summed E-state index contributed by atoms with van der Waals surface area (Å²) in [7, 11) is -1.17. The van der Waals surface area contributed by atoms with E-state index >= 15 is 0 Å². The zero-order chi connectivity index (χ0) is 23.9. The zero-order valence-corrected chi connectivity index (χ0v) is 20.3. The van der Waals surface area contributed by atoms with Crippen molar-refractivity contribution in [3.05, 3.63) is 35.0 Å². The molecule has 1 aliphatic carbocycles. The Labute approximate surface area is 200 Å². The predicted octanol–water partition coefficient (Wildman–Crippen LogP) is 2.00. The minimum atomic E-state index is -1.17. The first-order chi connectivity index (χ1) is 16.3. The van der Waals surface area contributed by atoms with Gasteiger partial charge in [0.25, 0.3) is 0 Å². The van der Waals surface area contributed by atoms with E-state index in [-0.39, 0.29) is 6.61 Å². The summed E-state index contributed by atoms with van der Waals surface area (Å²) >= 11 is 0. The number of hydrogen-bond acceptors (Lipinski definition) is 9. The molecule has 34 heavy (non-hydrogen) atoms. The number of ether oxygens (including phenoxy) is 1. The van der Waals surface area contributed by atoms with Gasteiger partial charge in [0.1, 0.15) is 17.3 Å². The number of rotatable bonds is 6. The van der Waals surface area contributed by atoms with E-state index < -0.39 is 22.4 Å². The number of carbonyl (C=O) groups excluding carboxylic acids is 1. The fourth-order valence-corrected chi connectivity index (χ4v) is 5.85. The van der Waals surface area contributed by atoms with Crippen LogP contribution < -0.4 is 16.0 Å². The molecule has 180 valence electrons. The Morgan fingerprint density at radius 1 is 1.21 bits per heavy atom. The van der Waals surface area contributed by atoms with Crippen LogP contribution >= 0.6 is 0 Å². The summed E-state index contributed by atoms with van der Waals surface area (Å²) in [5.41, 5.74) is 8.88. The molecule has 3 N–H and O–H groups in total. The molecule has 0 saturated carbocycles. The summed E-state index contributed by atoms with van der Waals surface area (Å²) in [6, 6.07) is 0. The highest BCUT2D eigenvalue weighted by molar-refractivity contribution is 7.85. The van der Waals surface area contributed by atoms with Crippen molar-refractivity contribution in [1.29, 1.82) is 0 Å². The van der Waals surface area contributed by atoms with Crippen molar-refractivity contribution < 1.29 is 13.7 Å². The fraction of sp³-hybridized carbons (Fsp3) is 0.522. The molecule has 2 aromatic rings. The fourth-order valence-electron chi connectivity index (χ4n) is 4.54. The molecule has 0 saturated heterocycles. The third-order valence-electron chi connectivity index (χ3n) is 6.30. The molecule has 0 fully saturated rings. The van der Waals surface area contributed by atoms with Crippen molar-refractivity contribution in [1.82, 2.24) is 19.9 Å². The second-order valence-electron chi connectivity index (χ2n) is 9.51. The number of anilines is 2. The van der Waals surface area contributed by atoms with E-state index in [9.17, 15) is 9.00 Å². The van der Waals surface area contributed by atoms with Gasteiger partial charge in [-0.25, -0.2) is 19.7 Å². The van der Waals surface area contributed by atoms with Gasteiger partial charge in [-0.15, -0.1) is 0 Å². The first-order valence-corrected chi connectivity index (χ1v) is 12.9. The Hall–Kier alpha value is -3.08. The first-order valence-electron chi connectivity index (χ1n) is 11.6. The molecule has 2 aliphatic heterocycles. The van der Waals surface area contributed by atoms with E-state index in [0.717, 1.165) is 49.3 Å². The van der Waals surface area contributed by atoms with Gasteiger partial charge >= 0.3 is 6.09 Å². The SMILES string of the molecule is CC(C)(COC(N)=O)Nc1nc(N2CC=C(c3ncc4c(n3)CCC4)CC2)nc2c1[S@](=O)CC2. The molecular weight excluding hydrogens is 454 g/mol. The molecule has 0 radical (unpaired) electrons. The molecule has 1 amide bonds. The quantitative estimate of drug-likeness (QED) is 0.632. The van der Waals surface area contributed by atoms with Crippen molar-refractivity contribution >= 4 is 34.2 Å². The lowest BCUT2D eigenvalue weighted by Crippen LogP contribution is -2.39. The van der Waals surface area contributed by atoms with Gasteiger partial charge in [-0.2, -0.15) is 4.98 Å². The molecule has 0 bridgehead atoms. The van der Waals surface area contributed by atoms with Crippen LogP contribution in [0.3, 0.4) is 0 Å². The average Bonchev–Trinajstić information content (AvgIpc) is 3.44. The van der Waals surface area contributed by atoms with Crippen LogP contribution in [0, 0.1) is 0 Å². The maximum atomic E-state index is 12.7. The molecule has 0 aromatic carbocycles. The van der Waals surface area contributed by atoms with Crippen LogP contribution in [0.1, 0.15) is 49.5 Å². The summed E-state index contributed by atoms with van der Waals surface area (Å²) in [6.07, 6.45) is 7.98. The third kappa shape index (κ3) is 4.61. The molecule has 11 heteroatoms. The van der Waals surface area contributed by atoms with Crippen LogP contribution in [0.15, 0.2) is 17.2 Å². The van der Waals surface area contributed by atoms with Crippen LogP contribution in [0.5, 0.6) is 0 Å². The molecule has 4 heterocycles. The highest BCUT2D eigenvalue weighted by atomic mass is 32.2. The van der Waals surface area contributed by atoms with Gasteiger partial charge in [-0.05, 0) is 50.7 Å². The van der Waals surface area contributed by atoms with Crippen molar-refractivity contribution in [2.24, 2.45) is 5.73 Å². The first kappa shape index (κ1) is 22.7. The molecule has 1 atom stereocenters. The normalized spacial score (nSPS) is 19.4. The molecule has 0 spiro atoms. The van der Waals surface area contributed by atoms with Crippen molar-refractivity contribution in [2.75, 3.05) is 35.7 Å². The number of aromatic nitrogens is 4. The lowest BCUT2D eigenvalue weighted by Gasteiger charge is -2.29. The van der Waals surface area contributed by atoms with E-state index in [1.165, 1.54) is 11.3 Å². The molecule has 3 aliphatic rings. The average molecular weight is 484 g/mol. The van der Waals surface area contributed by atoms with Crippen molar-refractivity contribution in [3.63, 3.8) is 0 Å². The number of carbonyl (C=O) groups is 1. The van der Waals surface area contributed by atoms with E-state index in [1.807, 2.05) is 20.0 Å². The molecule has 5 rings (SSSR count). The minimum absolute atomic E-state index is 0.0552. The number of hydrogen-bond donors (Lipinski definition) is 2. The van der Waals surface area contributed by atoms with E-state index in [0.29, 0.717) is 35.4 Å². The predicted molar refractivity (Wildman–Crippen MR) is 129 cm³/mol. The summed E-state index contributed by atoms with van der Waals surface area (Å²) in [5, 5.41) is 3.30. The number of primary amides is 1. The molecule has 2 aromatic heterocycles. The smallest absolute Gasteiger partial charge is 0.404 e. The van der Waals surface area contributed by atoms with Gasteiger partial charge in [0, 0.05) is 37.2 Å². The van der Waals surface area contributed by atoms with E-state index in [1.54, 1.807) is 0 Å². The summed E-state index contributed by atoms with van der Waals surface area (Å²) in [5.74, 6) is 2.46. The van der Waals surface area contributed by atoms with E-state index in [2.05, 4.69) is 21.3 Å². The molecular formula is C23H29N7O3S.